The topological polar surface area (TPSA) is 122 Å². The van der Waals surface area contributed by atoms with Crippen LogP contribution in [-0.4, -0.2) is 51.8 Å². The average molecular weight is 439 g/mol. The summed E-state index contributed by atoms with van der Waals surface area (Å²) >= 11 is 5.80. The lowest BCUT2D eigenvalue weighted by Gasteiger charge is -2.16. The third-order valence-corrected chi connectivity index (χ3v) is 5.12. The lowest BCUT2D eigenvalue weighted by molar-refractivity contribution is -0.122. The lowest BCUT2D eigenvalue weighted by atomic mass is 10.1. The average Bonchev–Trinajstić information content (AvgIpc) is 2.63. The van der Waals surface area contributed by atoms with Crippen LogP contribution in [0.5, 0.6) is 0 Å². The highest BCUT2D eigenvalue weighted by molar-refractivity contribution is 7.89. The van der Waals surface area contributed by atoms with E-state index in [1.165, 1.54) is 12.1 Å². The summed E-state index contributed by atoms with van der Waals surface area (Å²) in [4.78, 5) is 25.7. The van der Waals surface area contributed by atoms with Gasteiger partial charge >= 0.3 is 0 Å². The number of carbonyl (C=O) groups excluding carboxylic acids is 2. The largest absolute Gasteiger partial charge is 0.355 e. The Balaban J connectivity index is 1.70. The van der Waals surface area contributed by atoms with Gasteiger partial charge in [0.2, 0.25) is 21.8 Å². The number of sulfonamides is 1. The second-order valence-corrected chi connectivity index (χ2v) is 8.51. The van der Waals surface area contributed by atoms with Crippen molar-refractivity contribution < 1.29 is 18.0 Å². The summed E-state index contributed by atoms with van der Waals surface area (Å²) in [6.07, 6.45) is 0.539. The quantitative estimate of drug-likeness (QED) is 0.543. The van der Waals surface area contributed by atoms with E-state index in [-0.39, 0.29) is 29.8 Å². The Kier molecular flexibility index (Phi) is 8.15. The van der Waals surface area contributed by atoms with Crippen LogP contribution in [-0.2, 0) is 26.0 Å². The van der Waals surface area contributed by atoms with Crippen LogP contribution in [0.2, 0.25) is 5.02 Å². The third kappa shape index (κ3) is 8.20. The van der Waals surface area contributed by atoms with Gasteiger partial charge < -0.3 is 10.6 Å². The fourth-order valence-corrected chi connectivity index (χ4v) is 3.17. The van der Waals surface area contributed by atoms with Gasteiger partial charge in [-0.15, -0.1) is 0 Å². The SMILES string of the molecule is CN(CC(=O)NCCc1ccc(S(N)(=O)=O)cc1)CC(=O)Nc1ccc(Cl)cc1. The number of benzene rings is 2. The highest BCUT2D eigenvalue weighted by atomic mass is 35.5. The summed E-state index contributed by atoms with van der Waals surface area (Å²) in [7, 11) is -2.04. The molecular formula is C19H23ClN4O4S. The van der Waals surface area contributed by atoms with Gasteiger partial charge in [0, 0.05) is 17.3 Å². The molecule has 10 heteroatoms. The third-order valence-electron chi connectivity index (χ3n) is 3.94. The molecule has 2 aromatic rings. The molecule has 0 spiro atoms. The molecule has 2 rings (SSSR count). The molecule has 0 aliphatic carbocycles. The van der Waals surface area contributed by atoms with Crippen LogP contribution in [0.15, 0.2) is 53.4 Å². The Morgan fingerprint density at radius 2 is 1.59 bits per heavy atom. The van der Waals surface area contributed by atoms with Crippen molar-refractivity contribution in [2.24, 2.45) is 5.14 Å². The molecule has 0 aromatic heterocycles. The zero-order valence-electron chi connectivity index (χ0n) is 15.9. The van der Waals surface area contributed by atoms with Crippen LogP contribution in [0.25, 0.3) is 0 Å². The van der Waals surface area contributed by atoms with Crippen LogP contribution < -0.4 is 15.8 Å². The zero-order valence-corrected chi connectivity index (χ0v) is 17.5. The number of amides is 2. The second-order valence-electron chi connectivity index (χ2n) is 6.52. The summed E-state index contributed by atoms with van der Waals surface area (Å²) in [5.74, 6) is -0.453. The summed E-state index contributed by atoms with van der Waals surface area (Å²) < 4.78 is 22.4. The first-order chi connectivity index (χ1) is 13.6. The Bertz CT molecular complexity index is 947. The molecule has 0 aliphatic rings. The molecule has 0 fully saturated rings. The summed E-state index contributed by atoms with van der Waals surface area (Å²) in [5.41, 5.74) is 1.50. The maximum absolute atomic E-state index is 12.0. The van der Waals surface area contributed by atoms with Gasteiger partial charge in [0.05, 0.1) is 18.0 Å². The number of halogens is 1. The van der Waals surface area contributed by atoms with E-state index < -0.39 is 10.0 Å². The van der Waals surface area contributed by atoms with Crippen molar-refractivity contribution in [3.63, 3.8) is 0 Å². The van der Waals surface area contributed by atoms with E-state index in [9.17, 15) is 18.0 Å². The number of rotatable bonds is 9. The van der Waals surface area contributed by atoms with Gasteiger partial charge in [-0.2, -0.15) is 0 Å². The number of nitrogens with one attached hydrogen (secondary N) is 2. The highest BCUT2D eigenvalue weighted by Gasteiger charge is 2.11. The van der Waals surface area contributed by atoms with E-state index in [0.29, 0.717) is 23.7 Å². The monoisotopic (exact) mass is 438 g/mol. The standard InChI is InChI=1S/C19H23ClN4O4S/c1-24(13-19(26)23-16-6-4-15(20)5-7-16)12-18(25)22-11-10-14-2-8-17(9-3-14)29(21,27)28/h2-9H,10-13H2,1H3,(H,22,25)(H,23,26)(H2,21,27,28). The number of primary sulfonamides is 1. The minimum atomic E-state index is -3.71. The van der Waals surface area contributed by atoms with Crippen molar-refractivity contribution in [1.29, 1.82) is 0 Å². The van der Waals surface area contributed by atoms with Gasteiger partial charge in [-0.1, -0.05) is 23.7 Å². The van der Waals surface area contributed by atoms with E-state index in [1.54, 1.807) is 48.3 Å². The molecule has 29 heavy (non-hydrogen) atoms. The molecular weight excluding hydrogens is 416 g/mol. The smallest absolute Gasteiger partial charge is 0.238 e. The van der Waals surface area contributed by atoms with Gasteiger partial charge in [-0.25, -0.2) is 13.6 Å². The molecule has 156 valence electrons. The molecule has 2 aromatic carbocycles. The number of likely N-dealkylation sites (N-methyl/N-ethyl adjacent to an activating group) is 1. The zero-order chi connectivity index (χ0) is 21.4. The van der Waals surface area contributed by atoms with Gasteiger partial charge in [0.25, 0.3) is 0 Å². The maximum atomic E-state index is 12.0. The van der Waals surface area contributed by atoms with Crippen molar-refractivity contribution >= 4 is 39.1 Å². The Hall–Kier alpha value is -2.46. The first-order valence-corrected chi connectivity index (χ1v) is 10.7. The summed E-state index contributed by atoms with van der Waals surface area (Å²) in [6, 6.07) is 12.9. The van der Waals surface area contributed by atoms with Crippen LogP contribution in [0.4, 0.5) is 5.69 Å². The Labute approximate surface area is 175 Å². The van der Waals surface area contributed by atoms with Gasteiger partial charge in [0.1, 0.15) is 0 Å². The second kappa shape index (κ2) is 10.4. The molecule has 0 saturated heterocycles. The number of anilines is 1. The summed E-state index contributed by atoms with van der Waals surface area (Å²) in [5, 5.41) is 11.1. The van der Waals surface area contributed by atoms with E-state index in [2.05, 4.69) is 10.6 Å². The van der Waals surface area contributed by atoms with E-state index in [1.807, 2.05) is 0 Å². The number of hydrogen-bond acceptors (Lipinski definition) is 5. The van der Waals surface area contributed by atoms with Crippen LogP contribution >= 0.6 is 11.6 Å². The van der Waals surface area contributed by atoms with E-state index >= 15 is 0 Å². The normalized spacial score (nSPS) is 11.3. The summed E-state index contributed by atoms with van der Waals surface area (Å²) in [6.45, 7) is 0.516. The molecule has 0 saturated carbocycles. The van der Waals surface area contributed by atoms with Gasteiger partial charge in [0.15, 0.2) is 0 Å². The minimum absolute atomic E-state index is 0.0452. The van der Waals surface area contributed by atoms with Crippen molar-refractivity contribution in [3.05, 3.63) is 59.1 Å². The number of nitrogens with zero attached hydrogens (tertiary/aromatic N) is 1. The Morgan fingerprint density at radius 3 is 2.17 bits per heavy atom. The van der Waals surface area contributed by atoms with Crippen LogP contribution in [0, 0.1) is 0 Å². The van der Waals surface area contributed by atoms with Crippen molar-refractivity contribution in [3.8, 4) is 0 Å². The van der Waals surface area contributed by atoms with Crippen LogP contribution in [0.1, 0.15) is 5.56 Å². The van der Waals surface area contributed by atoms with Gasteiger partial charge in [-0.3, -0.25) is 14.5 Å². The molecule has 2 amide bonds. The van der Waals surface area contributed by atoms with Crippen LogP contribution in [0.3, 0.4) is 0 Å². The molecule has 0 unspecified atom stereocenters. The predicted molar refractivity (Wildman–Crippen MR) is 112 cm³/mol. The number of hydrogen-bond donors (Lipinski definition) is 3. The fourth-order valence-electron chi connectivity index (χ4n) is 2.53. The predicted octanol–water partition coefficient (Wildman–Crippen LogP) is 1.22. The highest BCUT2D eigenvalue weighted by Crippen LogP contribution is 2.13. The molecule has 0 heterocycles. The van der Waals surface area contributed by atoms with Crippen molar-refractivity contribution in [2.75, 3.05) is 32.0 Å². The maximum Gasteiger partial charge on any atom is 0.238 e. The van der Waals surface area contributed by atoms with E-state index in [0.717, 1.165) is 5.56 Å². The minimum Gasteiger partial charge on any atom is -0.355 e. The molecule has 8 nitrogen and oxygen atoms in total. The molecule has 0 atom stereocenters. The lowest BCUT2D eigenvalue weighted by Crippen LogP contribution is -2.39. The number of carbonyl (C=O) groups is 2. The van der Waals surface area contributed by atoms with E-state index in [4.69, 9.17) is 16.7 Å². The first-order valence-electron chi connectivity index (χ1n) is 8.76. The first kappa shape index (κ1) is 22.8. The van der Waals surface area contributed by atoms with Gasteiger partial charge in [-0.05, 0) is 55.4 Å². The molecule has 0 radical (unpaired) electrons. The fraction of sp³-hybridized carbons (Fsp3) is 0.263. The molecule has 4 N–H and O–H groups in total. The number of nitrogens with two attached hydrogens (primary N) is 1. The van der Waals surface area contributed by atoms with Crippen molar-refractivity contribution in [2.45, 2.75) is 11.3 Å². The Morgan fingerprint density at radius 1 is 1.00 bits per heavy atom. The molecule has 0 aliphatic heterocycles. The van der Waals surface area contributed by atoms with Crippen molar-refractivity contribution in [1.82, 2.24) is 10.2 Å². The molecule has 0 bridgehead atoms.